The summed E-state index contributed by atoms with van der Waals surface area (Å²) >= 11 is 0. The quantitative estimate of drug-likeness (QED) is 0.537. The molecule has 5 heteroatoms. The fourth-order valence-corrected chi connectivity index (χ4v) is 3.83. The highest BCUT2D eigenvalue weighted by molar-refractivity contribution is 5.95. The Labute approximate surface area is 170 Å². The van der Waals surface area contributed by atoms with Gasteiger partial charge in [-0.1, -0.05) is 0 Å². The minimum atomic E-state index is 0.859. The van der Waals surface area contributed by atoms with Gasteiger partial charge in [0.1, 0.15) is 5.76 Å². The van der Waals surface area contributed by atoms with Gasteiger partial charge in [0, 0.05) is 60.4 Å². The first-order chi connectivity index (χ1) is 14.3. The van der Waals surface area contributed by atoms with Crippen LogP contribution in [0.25, 0.3) is 22.2 Å². The molecule has 0 saturated carbocycles. The van der Waals surface area contributed by atoms with Crippen LogP contribution in [-0.4, -0.2) is 43.1 Å². The number of piperazine rings is 1. The van der Waals surface area contributed by atoms with Gasteiger partial charge in [-0.3, -0.25) is 4.98 Å². The van der Waals surface area contributed by atoms with Crippen molar-refractivity contribution in [1.29, 1.82) is 0 Å². The van der Waals surface area contributed by atoms with Crippen molar-refractivity contribution >= 4 is 28.0 Å². The maximum atomic E-state index is 5.56. The number of aromatic nitrogens is 1. The first-order valence-electron chi connectivity index (χ1n) is 9.99. The summed E-state index contributed by atoms with van der Waals surface area (Å²) in [5.74, 6) is 0.859. The Morgan fingerprint density at radius 2 is 1.76 bits per heavy atom. The van der Waals surface area contributed by atoms with Gasteiger partial charge in [-0.2, -0.15) is 0 Å². The van der Waals surface area contributed by atoms with Crippen molar-refractivity contribution in [3.05, 3.63) is 73.1 Å². The standard InChI is InChI=1S/C24H24N4O/c1-27-12-14-28(15-13-27)20-7-5-19(6-8-20)26-23-10-11-25-22-9-4-18(17-21(22)23)24-3-2-16-29-24/h2-11,16-17H,12-15H2,1H3,(H,25,26). The molecule has 29 heavy (non-hydrogen) atoms. The van der Waals surface area contributed by atoms with Crippen LogP contribution in [0.3, 0.4) is 0 Å². The summed E-state index contributed by atoms with van der Waals surface area (Å²) in [7, 11) is 2.18. The molecule has 1 aliphatic heterocycles. The average molecular weight is 384 g/mol. The Kier molecular flexibility index (Phi) is 4.66. The fraction of sp³-hybridized carbons (Fsp3) is 0.208. The van der Waals surface area contributed by atoms with E-state index in [1.807, 2.05) is 36.5 Å². The van der Waals surface area contributed by atoms with Gasteiger partial charge in [-0.25, -0.2) is 0 Å². The van der Waals surface area contributed by atoms with Crippen LogP contribution in [0.2, 0.25) is 0 Å². The van der Waals surface area contributed by atoms with Gasteiger partial charge in [-0.05, 0) is 67.7 Å². The molecule has 0 atom stereocenters. The molecule has 0 aliphatic carbocycles. The highest BCUT2D eigenvalue weighted by Gasteiger charge is 2.14. The number of benzene rings is 2. The molecule has 1 fully saturated rings. The SMILES string of the molecule is CN1CCN(c2ccc(Nc3ccnc4ccc(-c5ccco5)cc34)cc2)CC1. The number of anilines is 3. The molecule has 5 nitrogen and oxygen atoms in total. The zero-order valence-corrected chi connectivity index (χ0v) is 16.5. The van der Waals surface area contributed by atoms with E-state index in [-0.39, 0.29) is 0 Å². The Hall–Kier alpha value is -3.31. The van der Waals surface area contributed by atoms with Crippen molar-refractivity contribution in [2.45, 2.75) is 0 Å². The zero-order chi connectivity index (χ0) is 19.6. The van der Waals surface area contributed by atoms with E-state index in [9.17, 15) is 0 Å². The molecule has 2 aromatic carbocycles. The second-order valence-corrected chi connectivity index (χ2v) is 7.53. The van der Waals surface area contributed by atoms with E-state index < -0.39 is 0 Å². The minimum Gasteiger partial charge on any atom is -0.464 e. The molecule has 0 bridgehead atoms. The third-order valence-electron chi connectivity index (χ3n) is 5.56. The van der Waals surface area contributed by atoms with Crippen molar-refractivity contribution in [1.82, 2.24) is 9.88 Å². The van der Waals surface area contributed by atoms with E-state index in [0.29, 0.717) is 0 Å². The van der Waals surface area contributed by atoms with Crippen LogP contribution >= 0.6 is 0 Å². The zero-order valence-electron chi connectivity index (χ0n) is 16.5. The maximum Gasteiger partial charge on any atom is 0.133 e. The number of hydrogen-bond acceptors (Lipinski definition) is 5. The van der Waals surface area contributed by atoms with Crippen LogP contribution in [0.1, 0.15) is 0 Å². The molecule has 1 saturated heterocycles. The molecule has 0 spiro atoms. The lowest BCUT2D eigenvalue weighted by molar-refractivity contribution is 0.313. The molecular formula is C24H24N4O. The second kappa shape index (κ2) is 7.60. The first kappa shape index (κ1) is 17.8. The van der Waals surface area contributed by atoms with Crippen LogP contribution in [-0.2, 0) is 0 Å². The van der Waals surface area contributed by atoms with Crippen molar-refractivity contribution < 1.29 is 4.42 Å². The van der Waals surface area contributed by atoms with Gasteiger partial charge in [0.15, 0.2) is 0 Å². The van der Waals surface area contributed by atoms with Crippen LogP contribution in [0.5, 0.6) is 0 Å². The molecule has 4 aromatic rings. The van der Waals surface area contributed by atoms with Crippen LogP contribution in [0.4, 0.5) is 17.1 Å². The lowest BCUT2D eigenvalue weighted by Crippen LogP contribution is -2.44. The van der Waals surface area contributed by atoms with E-state index in [1.165, 1.54) is 5.69 Å². The summed E-state index contributed by atoms with van der Waals surface area (Å²) < 4.78 is 5.56. The number of hydrogen-bond donors (Lipinski definition) is 1. The van der Waals surface area contributed by atoms with Gasteiger partial charge in [0.2, 0.25) is 0 Å². The number of furan rings is 1. The van der Waals surface area contributed by atoms with Gasteiger partial charge < -0.3 is 19.5 Å². The van der Waals surface area contributed by atoms with Gasteiger partial charge >= 0.3 is 0 Å². The summed E-state index contributed by atoms with van der Waals surface area (Å²) in [4.78, 5) is 9.32. The topological polar surface area (TPSA) is 44.5 Å². The van der Waals surface area contributed by atoms with Gasteiger partial charge in [-0.15, -0.1) is 0 Å². The van der Waals surface area contributed by atoms with Gasteiger partial charge in [0.05, 0.1) is 11.8 Å². The van der Waals surface area contributed by atoms with Crippen molar-refractivity contribution in [3.63, 3.8) is 0 Å². The molecule has 0 unspecified atom stereocenters. The molecular weight excluding hydrogens is 360 g/mol. The molecule has 5 rings (SSSR count). The van der Waals surface area contributed by atoms with E-state index in [1.54, 1.807) is 6.26 Å². The summed E-state index contributed by atoms with van der Waals surface area (Å²) in [5, 5.41) is 4.63. The Bertz CT molecular complexity index is 1100. The lowest BCUT2D eigenvalue weighted by atomic mass is 10.1. The Morgan fingerprint density at radius 3 is 2.52 bits per heavy atom. The van der Waals surface area contributed by atoms with E-state index in [0.717, 1.165) is 59.8 Å². The number of pyridine rings is 1. The molecule has 146 valence electrons. The maximum absolute atomic E-state index is 5.56. The van der Waals surface area contributed by atoms with Crippen LogP contribution < -0.4 is 10.2 Å². The minimum absolute atomic E-state index is 0.859. The van der Waals surface area contributed by atoms with Crippen LogP contribution in [0, 0.1) is 0 Å². The Morgan fingerprint density at radius 1 is 0.931 bits per heavy atom. The summed E-state index contributed by atoms with van der Waals surface area (Å²) in [6.45, 7) is 4.38. The average Bonchev–Trinajstić information content (AvgIpc) is 3.30. The van der Waals surface area contributed by atoms with Crippen molar-refractivity contribution in [3.8, 4) is 11.3 Å². The molecule has 3 heterocycles. The number of nitrogens with one attached hydrogen (secondary N) is 1. The van der Waals surface area contributed by atoms with E-state index >= 15 is 0 Å². The van der Waals surface area contributed by atoms with Crippen molar-refractivity contribution in [2.24, 2.45) is 0 Å². The number of fused-ring (bicyclic) bond motifs is 1. The predicted octanol–water partition coefficient (Wildman–Crippen LogP) is 4.99. The molecule has 0 amide bonds. The smallest absolute Gasteiger partial charge is 0.133 e. The van der Waals surface area contributed by atoms with Crippen LogP contribution in [0.15, 0.2) is 77.5 Å². The first-order valence-corrected chi connectivity index (χ1v) is 9.99. The second-order valence-electron chi connectivity index (χ2n) is 7.53. The number of likely N-dealkylation sites (N-methyl/N-ethyl adjacent to an activating group) is 1. The summed E-state index contributed by atoms with van der Waals surface area (Å²) in [6, 6.07) is 20.8. The molecule has 1 aliphatic rings. The normalized spacial score (nSPS) is 15.0. The third kappa shape index (κ3) is 3.69. The largest absolute Gasteiger partial charge is 0.464 e. The summed E-state index contributed by atoms with van der Waals surface area (Å²) in [6.07, 6.45) is 3.54. The lowest BCUT2D eigenvalue weighted by Gasteiger charge is -2.34. The highest BCUT2D eigenvalue weighted by atomic mass is 16.3. The molecule has 2 aromatic heterocycles. The van der Waals surface area contributed by atoms with Crippen molar-refractivity contribution in [2.75, 3.05) is 43.4 Å². The number of rotatable bonds is 4. The van der Waals surface area contributed by atoms with Gasteiger partial charge in [0.25, 0.3) is 0 Å². The van der Waals surface area contributed by atoms with E-state index in [4.69, 9.17) is 4.42 Å². The Balaban J connectivity index is 1.40. The predicted molar refractivity (Wildman–Crippen MR) is 119 cm³/mol. The third-order valence-corrected chi connectivity index (χ3v) is 5.56. The fourth-order valence-electron chi connectivity index (χ4n) is 3.83. The number of nitrogens with zero attached hydrogens (tertiary/aromatic N) is 3. The monoisotopic (exact) mass is 384 g/mol. The highest BCUT2D eigenvalue weighted by Crippen LogP contribution is 2.30. The summed E-state index contributed by atoms with van der Waals surface area (Å²) in [5.41, 5.74) is 5.39. The molecule has 1 N–H and O–H groups in total. The van der Waals surface area contributed by atoms with E-state index in [2.05, 4.69) is 57.5 Å². The molecule has 0 radical (unpaired) electrons.